The van der Waals surface area contributed by atoms with E-state index in [4.69, 9.17) is 9.47 Å². The Morgan fingerprint density at radius 2 is 1.74 bits per heavy atom. The summed E-state index contributed by atoms with van der Waals surface area (Å²) in [5.41, 5.74) is 1.72. The van der Waals surface area contributed by atoms with Crippen molar-refractivity contribution in [3.63, 3.8) is 0 Å². The van der Waals surface area contributed by atoms with E-state index in [2.05, 4.69) is 10.2 Å². The summed E-state index contributed by atoms with van der Waals surface area (Å²) in [6.45, 7) is 2.92. The number of hydrogen-bond donors (Lipinski definition) is 1. The van der Waals surface area contributed by atoms with Crippen LogP contribution in [0.1, 0.15) is 0 Å². The highest BCUT2D eigenvalue weighted by molar-refractivity contribution is 5.82. The van der Waals surface area contributed by atoms with Crippen molar-refractivity contribution in [3.05, 3.63) is 48.3 Å². The van der Waals surface area contributed by atoms with Gasteiger partial charge in [-0.25, -0.2) is 4.39 Å². The molecule has 6 nitrogen and oxygen atoms in total. The average Bonchev–Trinajstić information content (AvgIpc) is 2.72. The number of nitrogens with zero attached hydrogens (tertiary/aromatic N) is 2. The van der Waals surface area contributed by atoms with Gasteiger partial charge in [-0.1, -0.05) is 0 Å². The molecule has 27 heavy (non-hydrogen) atoms. The van der Waals surface area contributed by atoms with E-state index in [1.165, 1.54) is 12.1 Å². The molecular formula is C20H24FN3O3. The lowest BCUT2D eigenvalue weighted by atomic mass is 10.2. The highest BCUT2D eigenvalue weighted by atomic mass is 19.1. The van der Waals surface area contributed by atoms with Crippen molar-refractivity contribution in [3.8, 4) is 11.5 Å². The second kappa shape index (κ2) is 8.62. The first kappa shape index (κ1) is 18.8. The molecule has 1 fully saturated rings. The van der Waals surface area contributed by atoms with Gasteiger partial charge in [0.25, 0.3) is 0 Å². The van der Waals surface area contributed by atoms with Crippen LogP contribution in [0.5, 0.6) is 11.5 Å². The molecule has 1 aliphatic rings. The SMILES string of the molecule is COc1ccc(NCC(=O)N2CCN(c3ccc(F)cc3)CC2)c(OC)c1. The number of nitrogens with one attached hydrogen (secondary N) is 1. The molecule has 2 aromatic rings. The normalized spacial score (nSPS) is 14.0. The van der Waals surface area contributed by atoms with E-state index in [1.54, 1.807) is 32.4 Å². The summed E-state index contributed by atoms with van der Waals surface area (Å²) in [5.74, 6) is 1.11. The molecule has 7 heteroatoms. The Morgan fingerprint density at radius 1 is 1.04 bits per heavy atom. The zero-order chi connectivity index (χ0) is 19.2. The summed E-state index contributed by atoms with van der Waals surface area (Å²) in [6.07, 6.45) is 0. The van der Waals surface area contributed by atoms with Gasteiger partial charge < -0.3 is 24.6 Å². The van der Waals surface area contributed by atoms with Gasteiger partial charge in [0.2, 0.25) is 5.91 Å². The number of benzene rings is 2. The van der Waals surface area contributed by atoms with Crippen LogP contribution in [0.25, 0.3) is 0 Å². The Morgan fingerprint density at radius 3 is 2.37 bits per heavy atom. The molecule has 144 valence electrons. The number of halogens is 1. The molecule has 1 saturated heterocycles. The van der Waals surface area contributed by atoms with Gasteiger partial charge in [-0.15, -0.1) is 0 Å². The largest absolute Gasteiger partial charge is 0.497 e. The third-order valence-corrected chi connectivity index (χ3v) is 4.66. The number of anilines is 2. The summed E-state index contributed by atoms with van der Waals surface area (Å²) in [4.78, 5) is 16.5. The number of rotatable bonds is 6. The molecule has 0 aromatic heterocycles. The predicted octanol–water partition coefficient (Wildman–Crippen LogP) is 2.60. The number of hydrogen-bond acceptors (Lipinski definition) is 5. The Hall–Kier alpha value is -2.96. The number of methoxy groups -OCH3 is 2. The molecule has 0 bridgehead atoms. The lowest BCUT2D eigenvalue weighted by Gasteiger charge is -2.36. The monoisotopic (exact) mass is 373 g/mol. The molecule has 1 amide bonds. The minimum Gasteiger partial charge on any atom is -0.497 e. The van der Waals surface area contributed by atoms with Gasteiger partial charge in [0.15, 0.2) is 0 Å². The van der Waals surface area contributed by atoms with Gasteiger partial charge in [0.1, 0.15) is 17.3 Å². The predicted molar refractivity (Wildman–Crippen MR) is 103 cm³/mol. The van der Waals surface area contributed by atoms with Crippen molar-refractivity contribution in [2.24, 2.45) is 0 Å². The molecule has 0 unspecified atom stereocenters. The van der Waals surface area contributed by atoms with Gasteiger partial charge in [0.05, 0.1) is 26.5 Å². The third kappa shape index (κ3) is 4.61. The Labute approximate surface area is 158 Å². The van der Waals surface area contributed by atoms with E-state index in [9.17, 15) is 9.18 Å². The van der Waals surface area contributed by atoms with Crippen LogP contribution < -0.4 is 19.7 Å². The minimum atomic E-state index is -0.243. The van der Waals surface area contributed by atoms with Gasteiger partial charge in [-0.3, -0.25) is 4.79 Å². The molecular weight excluding hydrogens is 349 g/mol. The number of piperazine rings is 1. The van der Waals surface area contributed by atoms with Crippen LogP contribution in [-0.2, 0) is 4.79 Å². The summed E-state index contributed by atoms with van der Waals surface area (Å²) in [5, 5.41) is 3.13. The third-order valence-electron chi connectivity index (χ3n) is 4.66. The van der Waals surface area contributed by atoms with Crippen LogP contribution in [0.15, 0.2) is 42.5 Å². The fourth-order valence-corrected chi connectivity index (χ4v) is 3.09. The van der Waals surface area contributed by atoms with E-state index >= 15 is 0 Å². The van der Waals surface area contributed by atoms with E-state index in [1.807, 2.05) is 17.0 Å². The molecule has 3 rings (SSSR count). The minimum absolute atomic E-state index is 0.0339. The molecule has 1 aliphatic heterocycles. The van der Waals surface area contributed by atoms with Crippen LogP contribution in [0.3, 0.4) is 0 Å². The maximum absolute atomic E-state index is 13.0. The van der Waals surface area contributed by atoms with Crippen LogP contribution >= 0.6 is 0 Å². The second-order valence-electron chi connectivity index (χ2n) is 6.26. The number of amides is 1. The summed E-state index contributed by atoms with van der Waals surface area (Å²) >= 11 is 0. The van der Waals surface area contributed by atoms with Crippen LogP contribution in [-0.4, -0.2) is 57.8 Å². The quantitative estimate of drug-likeness (QED) is 0.844. The van der Waals surface area contributed by atoms with Gasteiger partial charge >= 0.3 is 0 Å². The van der Waals surface area contributed by atoms with Gasteiger partial charge in [0, 0.05) is 37.9 Å². The van der Waals surface area contributed by atoms with Crippen LogP contribution in [0.4, 0.5) is 15.8 Å². The Kier molecular flexibility index (Phi) is 6.01. The number of carbonyl (C=O) groups excluding carboxylic acids is 1. The maximum Gasteiger partial charge on any atom is 0.241 e. The lowest BCUT2D eigenvalue weighted by molar-refractivity contribution is -0.129. The van der Waals surface area contributed by atoms with E-state index in [-0.39, 0.29) is 18.3 Å². The van der Waals surface area contributed by atoms with Crippen molar-refractivity contribution in [2.45, 2.75) is 0 Å². The van der Waals surface area contributed by atoms with Crippen LogP contribution in [0, 0.1) is 5.82 Å². The molecule has 0 aliphatic carbocycles. The van der Waals surface area contributed by atoms with Crippen molar-refractivity contribution in [1.29, 1.82) is 0 Å². The number of carbonyl (C=O) groups is 1. The summed E-state index contributed by atoms with van der Waals surface area (Å²) < 4.78 is 23.6. The van der Waals surface area contributed by atoms with Crippen molar-refractivity contribution >= 4 is 17.3 Å². The first-order chi connectivity index (χ1) is 13.1. The van der Waals surface area contributed by atoms with Crippen molar-refractivity contribution < 1.29 is 18.7 Å². The lowest BCUT2D eigenvalue weighted by Crippen LogP contribution is -2.50. The molecule has 1 N–H and O–H groups in total. The zero-order valence-corrected chi connectivity index (χ0v) is 15.6. The molecule has 0 atom stereocenters. The second-order valence-corrected chi connectivity index (χ2v) is 6.26. The first-order valence-corrected chi connectivity index (χ1v) is 8.85. The smallest absolute Gasteiger partial charge is 0.241 e. The molecule has 2 aromatic carbocycles. The van der Waals surface area contributed by atoms with E-state index < -0.39 is 0 Å². The van der Waals surface area contributed by atoms with E-state index in [0.717, 1.165) is 24.5 Å². The topological polar surface area (TPSA) is 54.0 Å². The standard InChI is InChI=1S/C20H24FN3O3/c1-26-17-7-8-18(19(13-17)27-2)22-14-20(25)24-11-9-23(10-12-24)16-5-3-15(21)4-6-16/h3-8,13,22H,9-12,14H2,1-2H3. The van der Waals surface area contributed by atoms with Crippen molar-refractivity contribution in [1.82, 2.24) is 4.90 Å². The van der Waals surface area contributed by atoms with Gasteiger partial charge in [-0.05, 0) is 36.4 Å². The van der Waals surface area contributed by atoms with Crippen LogP contribution in [0.2, 0.25) is 0 Å². The van der Waals surface area contributed by atoms with E-state index in [0.29, 0.717) is 24.6 Å². The summed E-state index contributed by atoms with van der Waals surface area (Å²) in [7, 11) is 3.17. The highest BCUT2D eigenvalue weighted by Gasteiger charge is 2.21. The Balaban J connectivity index is 1.52. The first-order valence-electron chi connectivity index (χ1n) is 8.85. The molecule has 1 heterocycles. The molecule has 0 radical (unpaired) electrons. The Bertz CT molecular complexity index is 775. The maximum atomic E-state index is 13.0. The summed E-state index contributed by atoms with van der Waals surface area (Å²) in [6, 6.07) is 11.9. The number of ether oxygens (including phenoxy) is 2. The fraction of sp³-hybridized carbons (Fsp3) is 0.350. The molecule has 0 spiro atoms. The van der Waals surface area contributed by atoms with Gasteiger partial charge in [-0.2, -0.15) is 0 Å². The van der Waals surface area contributed by atoms with Crippen molar-refractivity contribution in [2.75, 3.05) is 57.2 Å². The zero-order valence-electron chi connectivity index (χ0n) is 15.6. The highest BCUT2D eigenvalue weighted by Crippen LogP contribution is 2.28. The molecule has 0 saturated carbocycles. The fourth-order valence-electron chi connectivity index (χ4n) is 3.09. The average molecular weight is 373 g/mol.